The van der Waals surface area contributed by atoms with E-state index in [4.69, 9.17) is 9.47 Å². The molecule has 2 aliphatic heterocycles. The predicted molar refractivity (Wildman–Crippen MR) is 87.8 cm³/mol. The van der Waals surface area contributed by atoms with Gasteiger partial charge in [-0.15, -0.1) is 0 Å². The molecule has 2 aliphatic rings. The van der Waals surface area contributed by atoms with Gasteiger partial charge in [-0.3, -0.25) is 14.9 Å². The molecule has 0 amide bonds. The lowest BCUT2D eigenvalue weighted by atomic mass is 9.92. The Balaban J connectivity index is 2.06. The van der Waals surface area contributed by atoms with Gasteiger partial charge in [-0.1, -0.05) is 6.92 Å². The number of hydrogen-bond donors (Lipinski definition) is 1. The summed E-state index contributed by atoms with van der Waals surface area (Å²) in [6.07, 6.45) is 0.352. The summed E-state index contributed by atoms with van der Waals surface area (Å²) in [6.45, 7) is 2.02. The smallest absolute Gasteiger partial charge is 0.307 e. The molecule has 0 radical (unpaired) electrons. The van der Waals surface area contributed by atoms with Crippen LogP contribution in [-0.4, -0.2) is 55.0 Å². The molecule has 2 heterocycles. The first-order valence-corrected chi connectivity index (χ1v) is 9.45. The summed E-state index contributed by atoms with van der Waals surface area (Å²) >= 11 is 0. The van der Waals surface area contributed by atoms with Crippen LogP contribution < -0.4 is 9.47 Å². The molecule has 2 unspecified atom stereocenters. The SMILES string of the molecule is CC1CC(C(=O)O)CN(S(=O)(=O)c2cc3c(cc2[N+](=O)[O-])OCCO3)C1. The molecule has 26 heavy (non-hydrogen) atoms. The number of carboxylic acid groups (broad SMARTS) is 1. The number of benzene rings is 1. The lowest BCUT2D eigenvalue weighted by Crippen LogP contribution is -2.45. The van der Waals surface area contributed by atoms with Crippen molar-refractivity contribution in [3.63, 3.8) is 0 Å². The second-order valence-electron chi connectivity index (χ2n) is 6.42. The highest BCUT2D eigenvalue weighted by Crippen LogP contribution is 2.40. The monoisotopic (exact) mass is 386 g/mol. The Labute approximate surface area is 149 Å². The van der Waals surface area contributed by atoms with E-state index in [0.717, 1.165) is 16.4 Å². The van der Waals surface area contributed by atoms with Gasteiger partial charge in [-0.25, -0.2) is 8.42 Å². The molecule has 3 rings (SSSR count). The number of aliphatic carboxylic acids is 1. The number of carboxylic acids is 1. The Morgan fingerprint density at radius 1 is 1.27 bits per heavy atom. The van der Waals surface area contributed by atoms with Crippen LogP contribution in [0, 0.1) is 22.0 Å². The van der Waals surface area contributed by atoms with Gasteiger partial charge in [-0.05, 0) is 12.3 Å². The Kier molecular flexibility index (Phi) is 4.76. The van der Waals surface area contributed by atoms with E-state index in [-0.39, 0.29) is 43.7 Å². The Hall–Kier alpha value is -2.40. The van der Waals surface area contributed by atoms with Crippen LogP contribution in [-0.2, 0) is 14.8 Å². The van der Waals surface area contributed by atoms with Crippen LogP contribution in [0.15, 0.2) is 17.0 Å². The van der Waals surface area contributed by atoms with Gasteiger partial charge in [0.1, 0.15) is 13.2 Å². The van der Waals surface area contributed by atoms with Crippen molar-refractivity contribution < 1.29 is 32.7 Å². The Morgan fingerprint density at radius 3 is 2.46 bits per heavy atom. The number of rotatable bonds is 4. The second-order valence-corrected chi connectivity index (χ2v) is 8.33. The molecular formula is C15H18N2O8S. The number of sulfonamides is 1. The van der Waals surface area contributed by atoms with Crippen molar-refractivity contribution >= 4 is 21.7 Å². The van der Waals surface area contributed by atoms with E-state index in [0.29, 0.717) is 6.42 Å². The molecule has 2 atom stereocenters. The molecule has 1 aromatic carbocycles. The van der Waals surface area contributed by atoms with Crippen LogP contribution in [0.25, 0.3) is 0 Å². The summed E-state index contributed by atoms with van der Waals surface area (Å²) in [5.41, 5.74) is -0.626. The maximum absolute atomic E-state index is 13.0. The maximum atomic E-state index is 13.0. The fraction of sp³-hybridized carbons (Fsp3) is 0.533. The highest BCUT2D eigenvalue weighted by Gasteiger charge is 2.40. The number of hydrogen-bond acceptors (Lipinski definition) is 7. The average molecular weight is 386 g/mol. The van der Waals surface area contributed by atoms with Crippen LogP contribution in [0.2, 0.25) is 0 Å². The van der Waals surface area contributed by atoms with Gasteiger partial charge in [0.25, 0.3) is 5.69 Å². The number of fused-ring (bicyclic) bond motifs is 1. The quantitative estimate of drug-likeness (QED) is 0.600. The molecule has 0 bridgehead atoms. The number of nitro groups is 1. The summed E-state index contributed by atoms with van der Waals surface area (Å²) in [7, 11) is -4.28. The number of nitrogens with zero attached hydrogens (tertiary/aromatic N) is 2. The van der Waals surface area contributed by atoms with Crippen molar-refractivity contribution in [3.8, 4) is 11.5 Å². The van der Waals surface area contributed by atoms with Crippen molar-refractivity contribution in [2.45, 2.75) is 18.2 Å². The third kappa shape index (κ3) is 3.31. The second kappa shape index (κ2) is 6.72. The summed E-state index contributed by atoms with van der Waals surface area (Å²) < 4.78 is 37.7. The number of ether oxygens (including phenoxy) is 2. The van der Waals surface area contributed by atoms with Crippen molar-refractivity contribution in [2.75, 3.05) is 26.3 Å². The molecule has 1 aromatic rings. The van der Waals surface area contributed by atoms with E-state index in [1.165, 1.54) is 0 Å². The minimum Gasteiger partial charge on any atom is -0.486 e. The summed E-state index contributed by atoms with van der Waals surface area (Å²) in [6, 6.07) is 2.11. The highest BCUT2D eigenvalue weighted by atomic mass is 32.2. The molecule has 10 nitrogen and oxygen atoms in total. The van der Waals surface area contributed by atoms with Gasteiger partial charge < -0.3 is 14.6 Å². The average Bonchev–Trinajstić information content (AvgIpc) is 2.59. The molecular weight excluding hydrogens is 368 g/mol. The molecule has 0 saturated carbocycles. The first-order valence-electron chi connectivity index (χ1n) is 8.01. The van der Waals surface area contributed by atoms with E-state index >= 15 is 0 Å². The summed E-state index contributed by atoms with van der Waals surface area (Å²) in [5, 5.41) is 20.7. The van der Waals surface area contributed by atoms with Gasteiger partial charge in [0.2, 0.25) is 10.0 Å². The van der Waals surface area contributed by atoms with E-state index in [9.17, 15) is 28.4 Å². The summed E-state index contributed by atoms with van der Waals surface area (Å²) in [4.78, 5) is 21.4. The third-order valence-corrected chi connectivity index (χ3v) is 6.27. The fourth-order valence-electron chi connectivity index (χ4n) is 3.23. The molecule has 11 heteroatoms. The lowest BCUT2D eigenvalue weighted by Gasteiger charge is -2.33. The van der Waals surface area contributed by atoms with Crippen LogP contribution >= 0.6 is 0 Å². The molecule has 0 aliphatic carbocycles. The maximum Gasteiger partial charge on any atom is 0.307 e. The van der Waals surface area contributed by atoms with E-state index in [1.54, 1.807) is 6.92 Å². The Bertz CT molecular complexity index is 853. The van der Waals surface area contributed by atoms with Gasteiger partial charge >= 0.3 is 5.97 Å². The largest absolute Gasteiger partial charge is 0.486 e. The topological polar surface area (TPSA) is 136 Å². The zero-order valence-electron chi connectivity index (χ0n) is 14.0. The standard InChI is InChI=1S/C15H18N2O8S/c1-9-4-10(15(18)19)8-16(7-9)26(22,23)14-6-13-12(24-2-3-25-13)5-11(14)17(20)21/h5-6,9-10H,2-4,7-8H2,1H3,(H,18,19). The first kappa shape index (κ1) is 18.4. The number of carbonyl (C=O) groups is 1. The van der Waals surface area contributed by atoms with Crippen LogP contribution in [0.1, 0.15) is 13.3 Å². The van der Waals surface area contributed by atoms with Gasteiger partial charge in [0, 0.05) is 19.2 Å². The van der Waals surface area contributed by atoms with Crippen LogP contribution in [0.5, 0.6) is 11.5 Å². The first-order chi connectivity index (χ1) is 12.2. The van der Waals surface area contributed by atoms with Crippen molar-refractivity contribution in [1.82, 2.24) is 4.31 Å². The lowest BCUT2D eigenvalue weighted by molar-refractivity contribution is -0.388. The molecule has 1 saturated heterocycles. The predicted octanol–water partition coefficient (Wildman–Crippen LogP) is 1.10. The summed E-state index contributed by atoms with van der Waals surface area (Å²) in [5.74, 6) is -1.91. The minimum atomic E-state index is -4.28. The zero-order chi connectivity index (χ0) is 19.1. The van der Waals surface area contributed by atoms with Crippen LogP contribution in [0.4, 0.5) is 5.69 Å². The minimum absolute atomic E-state index is 0.0949. The fourth-order valence-corrected chi connectivity index (χ4v) is 4.98. The van der Waals surface area contributed by atoms with E-state index < -0.39 is 37.4 Å². The van der Waals surface area contributed by atoms with Gasteiger partial charge in [-0.2, -0.15) is 4.31 Å². The van der Waals surface area contributed by atoms with Gasteiger partial charge in [0.15, 0.2) is 16.4 Å². The number of piperidine rings is 1. The Morgan fingerprint density at radius 2 is 1.88 bits per heavy atom. The molecule has 1 fully saturated rings. The third-order valence-electron chi connectivity index (χ3n) is 4.41. The molecule has 0 spiro atoms. The van der Waals surface area contributed by atoms with Crippen molar-refractivity contribution in [1.29, 1.82) is 0 Å². The van der Waals surface area contributed by atoms with E-state index in [2.05, 4.69) is 0 Å². The zero-order valence-corrected chi connectivity index (χ0v) is 14.8. The molecule has 0 aromatic heterocycles. The van der Waals surface area contributed by atoms with Gasteiger partial charge in [0.05, 0.1) is 16.9 Å². The van der Waals surface area contributed by atoms with Crippen molar-refractivity contribution in [3.05, 3.63) is 22.2 Å². The normalized spacial score (nSPS) is 23.4. The van der Waals surface area contributed by atoms with E-state index in [1.807, 2.05) is 0 Å². The molecule has 142 valence electrons. The number of nitro benzene ring substituents is 1. The van der Waals surface area contributed by atoms with Crippen LogP contribution in [0.3, 0.4) is 0 Å². The molecule has 1 N–H and O–H groups in total. The highest BCUT2D eigenvalue weighted by molar-refractivity contribution is 7.89. The van der Waals surface area contributed by atoms with Crippen molar-refractivity contribution in [2.24, 2.45) is 11.8 Å².